The van der Waals surface area contributed by atoms with Crippen LogP contribution in [0, 0.1) is 61.2 Å². The Labute approximate surface area is 695 Å². The normalized spacial score (nSPS) is 27.3. The van der Waals surface area contributed by atoms with Crippen LogP contribution in [0.25, 0.3) is 65.2 Å². The number of rotatable bonds is 26. The molecular formula is C100H116N12O6. The molecular weight excluding hydrogens is 1470 g/mol. The summed E-state index contributed by atoms with van der Waals surface area (Å²) in [6.07, 6.45) is 22.7. The summed E-state index contributed by atoms with van der Waals surface area (Å²) in [6.45, 7) is 24.9. The van der Waals surface area contributed by atoms with Crippen molar-refractivity contribution in [3.05, 3.63) is 204 Å². The zero-order chi connectivity index (χ0) is 80.1. The second kappa shape index (κ2) is 34.2. The van der Waals surface area contributed by atoms with Gasteiger partial charge in [0, 0.05) is 120 Å². The van der Waals surface area contributed by atoms with Gasteiger partial charge in [-0.25, -0.2) is 0 Å². The summed E-state index contributed by atoms with van der Waals surface area (Å²) in [5.74, 6) is 10.5. The van der Waals surface area contributed by atoms with Crippen molar-refractivity contribution in [1.29, 1.82) is 0 Å². The number of ether oxygens (including phenoxy) is 6. The van der Waals surface area contributed by atoms with E-state index in [9.17, 15) is 0 Å². The molecule has 118 heavy (non-hydrogen) atoms. The minimum Gasteiger partial charge on any atom is -0.497 e. The Bertz CT molecular complexity index is 5260. The number of aryl methyl sites for hydroxylation is 2. The van der Waals surface area contributed by atoms with Crippen molar-refractivity contribution in [3.63, 3.8) is 0 Å². The first kappa shape index (κ1) is 78.1. The molecule has 12 fully saturated rings. The molecule has 612 valence electrons. The van der Waals surface area contributed by atoms with E-state index in [1.807, 2.05) is 36.9 Å². The molecule has 12 saturated heterocycles. The lowest BCUT2D eigenvalue weighted by Gasteiger charge is -2.52. The fraction of sp³-hybridized carbons (Fsp3) is 0.480. The molecule has 0 amide bonds. The number of pyridine rings is 4. The number of fused-ring (bicyclic) bond motifs is 18. The van der Waals surface area contributed by atoms with Crippen molar-refractivity contribution >= 4 is 65.2 Å². The smallest absolute Gasteiger partial charge is 0.241 e. The molecule has 12 aromatic rings. The van der Waals surface area contributed by atoms with Crippen LogP contribution in [-0.4, -0.2) is 177 Å². The number of nitrogens with zero attached hydrogens (tertiary/aromatic N) is 12. The van der Waals surface area contributed by atoms with Gasteiger partial charge in [-0.1, -0.05) is 101 Å². The topological polar surface area (TPSA) is 171 Å². The number of aromatic nitrogens is 8. The van der Waals surface area contributed by atoms with Gasteiger partial charge in [0.1, 0.15) is 11.5 Å². The van der Waals surface area contributed by atoms with E-state index >= 15 is 0 Å². The fourth-order valence-corrected chi connectivity index (χ4v) is 23.5. The van der Waals surface area contributed by atoms with E-state index in [1.54, 1.807) is 14.2 Å². The first-order chi connectivity index (χ1) is 58.0. The second-order valence-electron chi connectivity index (χ2n) is 35.9. The van der Waals surface area contributed by atoms with Crippen LogP contribution in [-0.2, 0) is 0 Å². The van der Waals surface area contributed by atoms with Crippen molar-refractivity contribution < 1.29 is 28.4 Å². The highest BCUT2D eigenvalue weighted by molar-refractivity contribution is 5.92. The summed E-state index contributed by atoms with van der Waals surface area (Å²) in [5.41, 5.74) is 11.6. The van der Waals surface area contributed by atoms with Gasteiger partial charge in [-0.2, -0.15) is 0 Å². The maximum Gasteiger partial charge on any atom is 0.241 e. The third-order valence-corrected chi connectivity index (χ3v) is 30.0. The Hall–Kier alpha value is -9.72. The Morgan fingerprint density at radius 3 is 0.831 bits per heavy atom. The maximum atomic E-state index is 6.90. The SMILES string of the molecule is CCC1CN2CCC1C[C@@H]2[C@@H](COc1nnc(OC[C@@H](c2ccnc3ccc(C)cc23)[C@H]2C[C@H]3CCN2C[C@@H]3CC)c2ccccc12)c1ccnc2ccc(OC)cc12.CCC1CN2CCC1C[C@H]2[C@H](COc1nnc(OC[C@H](c2ccnc3ccc(OC)cc23)[C@@H]2C[C@H]3CCN2C[C@@H]3CC)c2ccccc12)c1ccnc2ccc(C)cc12. The lowest BCUT2D eigenvalue weighted by Crippen LogP contribution is -2.55. The van der Waals surface area contributed by atoms with Crippen LogP contribution < -0.4 is 28.4 Å². The average Bonchev–Trinajstić information content (AvgIpc) is 0.769. The highest BCUT2D eigenvalue weighted by Gasteiger charge is 2.48. The lowest BCUT2D eigenvalue weighted by molar-refractivity contribution is -0.0177. The Morgan fingerprint density at radius 2 is 0.585 bits per heavy atom. The minimum atomic E-state index is 0.109. The predicted molar refractivity (Wildman–Crippen MR) is 469 cm³/mol. The van der Waals surface area contributed by atoms with Gasteiger partial charge in [0.05, 0.1) is 84.3 Å². The van der Waals surface area contributed by atoms with E-state index in [1.165, 1.54) is 134 Å². The van der Waals surface area contributed by atoms with Gasteiger partial charge in [-0.15, -0.1) is 20.4 Å². The van der Waals surface area contributed by atoms with Crippen LogP contribution in [0.3, 0.4) is 0 Å². The van der Waals surface area contributed by atoms with Crippen molar-refractivity contribution in [1.82, 2.24) is 59.9 Å². The predicted octanol–water partition coefficient (Wildman–Crippen LogP) is 19.2. The molecule has 12 aliphatic heterocycles. The molecule has 18 heteroatoms. The second-order valence-corrected chi connectivity index (χ2v) is 35.9. The van der Waals surface area contributed by atoms with Gasteiger partial charge in [-0.3, -0.25) is 39.5 Å². The van der Waals surface area contributed by atoms with Gasteiger partial charge in [0.2, 0.25) is 23.5 Å². The quantitative estimate of drug-likeness (QED) is 0.0501. The monoisotopic (exact) mass is 1580 g/mol. The number of hydrogen-bond acceptors (Lipinski definition) is 18. The number of methoxy groups -OCH3 is 2. The van der Waals surface area contributed by atoms with Crippen LogP contribution in [0.5, 0.6) is 35.0 Å². The van der Waals surface area contributed by atoms with E-state index in [2.05, 4.69) is 195 Å². The molecule has 18 heterocycles. The average molecular weight is 1580 g/mol. The van der Waals surface area contributed by atoms with Crippen LogP contribution in [0.4, 0.5) is 0 Å². The molecule has 20 atom stereocenters. The number of hydrogen-bond donors (Lipinski definition) is 0. The summed E-state index contributed by atoms with van der Waals surface area (Å²) in [4.78, 5) is 30.0. The third-order valence-electron chi connectivity index (χ3n) is 30.0. The van der Waals surface area contributed by atoms with E-state index in [0.717, 1.165) is 152 Å². The largest absolute Gasteiger partial charge is 0.497 e. The van der Waals surface area contributed by atoms with Crippen molar-refractivity contribution in [2.75, 3.05) is 93.0 Å². The molecule has 6 aromatic heterocycles. The third kappa shape index (κ3) is 15.2. The molecule has 0 saturated carbocycles. The molecule has 0 N–H and O–H groups in total. The van der Waals surface area contributed by atoms with Crippen LogP contribution in [0.1, 0.15) is 162 Å². The van der Waals surface area contributed by atoms with Gasteiger partial charge < -0.3 is 28.4 Å². The lowest BCUT2D eigenvalue weighted by atomic mass is 9.70. The molecule has 24 rings (SSSR count). The van der Waals surface area contributed by atoms with Gasteiger partial charge in [0.15, 0.2) is 0 Å². The number of piperidine rings is 12. The van der Waals surface area contributed by atoms with E-state index in [-0.39, 0.29) is 23.7 Å². The summed E-state index contributed by atoms with van der Waals surface area (Å²) < 4.78 is 39.0. The Balaban J connectivity index is 0.000000157. The summed E-state index contributed by atoms with van der Waals surface area (Å²) in [6, 6.07) is 52.6. The highest BCUT2D eigenvalue weighted by atomic mass is 16.5. The first-order valence-corrected chi connectivity index (χ1v) is 44.5. The highest BCUT2D eigenvalue weighted by Crippen LogP contribution is 2.50. The Morgan fingerprint density at radius 1 is 0.322 bits per heavy atom. The summed E-state index contributed by atoms with van der Waals surface area (Å²) in [5, 5.41) is 27.6. The molecule has 8 unspecified atom stereocenters. The van der Waals surface area contributed by atoms with Crippen LogP contribution in [0.15, 0.2) is 170 Å². The van der Waals surface area contributed by atoms with Gasteiger partial charge in [0.25, 0.3) is 0 Å². The van der Waals surface area contributed by atoms with Gasteiger partial charge in [-0.05, 0) is 270 Å². The maximum absolute atomic E-state index is 6.90. The molecule has 18 nitrogen and oxygen atoms in total. The summed E-state index contributed by atoms with van der Waals surface area (Å²) >= 11 is 0. The van der Waals surface area contributed by atoms with Crippen molar-refractivity contribution in [3.8, 4) is 35.0 Å². The molecule has 0 spiro atoms. The molecule has 8 bridgehead atoms. The van der Waals surface area contributed by atoms with Gasteiger partial charge >= 0.3 is 0 Å². The van der Waals surface area contributed by atoms with E-state index in [0.29, 0.717) is 74.1 Å². The fourth-order valence-electron chi connectivity index (χ4n) is 23.5. The van der Waals surface area contributed by atoms with E-state index < -0.39 is 0 Å². The van der Waals surface area contributed by atoms with Crippen molar-refractivity contribution in [2.45, 2.75) is 166 Å². The zero-order valence-electron chi connectivity index (χ0n) is 70.2. The molecule has 12 aliphatic rings. The standard InChI is InChI=1S/2C50H58N6O3/c2*1-5-32-27-55-21-17-34(32)24-47(55)43(37-15-19-51-45-13-11-31(3)23-41(37)45)29-58-49-39-9-7-8-10-40(39)50(54-53-49)59-30-44(48-25-35-18-22-56(48)28-33(35)6-2)38-16-20-52-46-14-12-36(57-4)26-42(38)46/h2*7-16,19-20,23,26,32-35,43-44,47-48H,5-6,17-18,21-22,24-25,27-30H2,1-4H3/t32?,33-,34?,35+,43+,44+,47-,48-;32-,33?,34+,35?,43-,44-,47+,48+/m00/s1. The first-order valence-electron chi connectivity index (χ1n) is 44.5. The van der Waals surface area contributed by atoms with Crippen molar-refractivity contribution in [2.24, 2.45) is 47.3 Å². The van der Waals surface area contributed by atoms with Crippen LogP contribution in [0.2, 0.25) is 0 Å². The number of benzene rings is 6. The molecule has 0 aliphatic carbocycles. The van der Waals surface area contributed by atoms with E-state index in [4.69, 9.17) is 68.8 Å². The zero-order valence-corrected chi connectivity index (χ0v) is 70.2. The molecule has 6 aromatic carbocycles. The Kier molecular flexibility index (Phi) is 22.6. The summed E-state index contributed by atoms with van der Waals surface area (Å²) in [7, 11) is 3.46. The molecule has 0 radical (unpaired) electrons. The minimum absolute atomic E-state index is 0.109. The van der Waals surface area contributed by atoms with Crippen LogP contribution >= 0.6 is 0 Å².